The summed E-state index contributed by atoms with van der Waals surface area (Å²) in [5, 5.41) is 0. The Morgan fingerprint density at radius 3 is 2.57 bits per heavy atom. The van der Waals surface area contributed by atoms with Gasteiger partial charge in [0, 0.05) is 12.2 Å². The molecule has 118 valence electrons. The van der Waals surface area contributed by atoms with Crippen molar-refractivity contribution in [3.63, 3.8) is 0 Å². The number of aryl methyl sites for hydroxylation is 1. The highest BCUT2D eigenvalue weighted by Crippen LogP contribution is 2.20. The van der Waals surface area contributed by atoms with Gasteiger partial charge in [0.25, 0.3) is 0 Å². The molecule has 1 aliphatic heterocycles. The molecule has 2 rings (SSSR count). The summed E-state index contributed by atoms with van der Waals surface area (Å²) in [6.07, 6.45) is 2.88. The number of rotatable bonds is 5. The van der Waals surface area contributed by atoms with Crippen LogP contribution >= 0.6 is 0 Å². The van der Waals surface area contributed by atoms with E-state index in [-0.39, 0.29) is 4.90 Å². The first-order chi connectivity index (χ1) is 9.92. The van der Waals surface area contributed by atoms with E-state index in [0.29, 0.717) is 18.2 Å². The van der Waals surface area contributed by atoms with Gasteiger partial charge in [-0.3, -0.25) is 0 Å². The average molecular weight is 311 g/mol. The van der Waals surface area contributed by atoms with Crippen molar-refractivity contribution in [2.24, 2.45) is 5.92 Å². The molecule has 5 nitrogen and oxygen atoms in total. The number of sulfonamides is 1. The molecule has 0 atom stereocenters. The van der Waals surface area contributed by atoms with Gasteiger partial charge in [0.2, 0.25) is 10.0 Å². The van der Waals surface area contributed by atoms with Crippen LogP contribution in [0.5, 0.6) is 0 Å². The number of benzene rings is 1. The summed E-state index contributed by atoms with van der Waals surface area (Å²) >= 11 is 0. The minimum absolute atomic E-state index is 0.255. The lowest BCUT2D eigenvalue weighted by Crippen LogP contribution is -2.36. The highest BCUT2D eigenvalue weighted by Gasteiger charge is 2.20. The second-order valence-corrected chi connectivity index (χ2v) is 7.58. The first-order valence-corrected chi connectivity index (χ1v) is 8.97. The first kappa shape index (κ1) is 16.3. The Hall–Kier alpha value is -1.11. The van der Waals surface area contributed by atoms with Crippen molar-refractivity contribution in [3.8, 4) is 0 Å². The Kier molecular flexibility index (Phi) is 5.24. The number of nitrogen functional groups attached to an aromatic ring is 1. The maximum atomic E-state index is 12.3. The Balaban J connectivity index is 2.00. The van der Waals surface area contributed by atoms with Crippen molar-refractivity contribution in [1.29, 1.82) is 0 Å². The number of anilines is 1. The summed E-state index contributed by atoms with van der Waals surface area (Å²) in [6.45, 7) is 4.57. The predicted molar refractivity (Wildman–Crippen MR) is 85.6 cm³/mol. The lowest BCUT2D eigenvalue weighted by molar-refractivity contribution is 0.220. The first-order valence-electron chi connectivity index (χ1n) is 7.49. The molecule has 1 heterocycles. The summed E-state index contributed by atoms with van der Waals surface area (Å²) in [4.78, 5) is 2.53. The third kappa shape index (κ3) is 4.18. The molecule has 1 saturated heterocycles. The van der Waals surface area contributed by atoms with E-state index in [1.54, 1.807) is 18.2 Å². The number of nitrogens with one attached hydrogen (secondary N) is 1. The zero-order valence-corrected chi connectivity index (χ0v) is 13.6. The van der Waals surface area contributed by atoms with Crippen LogP contribution in [-0.2, 0) is 16.4 Å². The van der Waals surface area contributed by atoms with Crippen molar-refractivity contribution in [2.75, 3.05) is 32.4 Å². The van der Waals surface area contributed by atoms with Crippen LogP contribution in [0, 0.1) is 5.92 Å². The van der Waals surface area contributed by atoms with E-state index in [4.69, 9.17) is 5.73 Å². The summed E-state index contributed by atoms with van der Waals surface area (Å²) < 4.78 is 27.4. The van der Waals surface area contributed by atoms with Gasteiger partial charge in [-0.25, -0.2) is 13.1 Å². The second-order valence-electron chi connectivity index (χ2n) is 5.81. The monoisotopic (exact) mass is 311 g/mol. The number of likely N-dealkylation sites (tertiary alicyclic amines) is 1. The van der Waals surface area contributed by atoms with Gasteiger partial charge in [0.1, 0.15) is 0 Å². The van der Waals surface area contributed by atoms with Gasteiger partial charge in [-0.2, -0.15) is 0 Å². The Morgan fingerprint density at radius 1 is 1.33 bits per heavy atom. The third-order valence-electron chi connectivity index (χ3n) is 4.21. The van der Waals surface area contributed by atoms with Gasteiger partial charge < -0.3 is 10.6 Å². The smallest absolute Gasteiger partial charge is 0.240 e. The zero-order chi connectivity index (χ0) is 15.5. The fourth-order valence-corrected chi connectivity index (χ4v) is 3.79. The molecule has 3 N–H and O–H groups in total. The lowest BCUT2D eigenvalue weighted by atomic mass is 9.98. The second kappa shape index (κ2) is 6.77. The topological polar surface area (TPSA) is 75.4 Å². The molecule has 0 aromatic heterocycles. The van der Waals surface area contributed by atoms with Gasteiger partial charge in [0.15, 0.2) is 0 Å². The minimum Gasteiger partial charge on any atom is -0.398 e. The van der Waals surface area contributed by atoms with E-state index in [9.17, 15) is 8.42 Å². The van der Waals surface area contributed by atoms with E-state index in [2.05, 4.69) is 16.7 Å². The van der Waals surface area contributed by atoms with Crippen LogP contribution in [-0.4, -0.2) is 40.0 Å². The third-order valence-corrected chi connectivity index (χ3v) is 5.63. The molecule has 1 aliphatic rings. The van der Waals surface area contributed by atoms with Crippen molar-refractivity contribution in [1.82, 2.24) is 9.62 Å². The predicted octanol–water partition coefficient (Wildman–Crippen LogP) is 1.45. The van der Waals surface area contributed by atoms with Crippen LogP contribution in [0.25, 0.3) is 0 Å². The van der Waals surface area contributed by atoms with E-state index in [1.807, 2.05) is 6.92 Å². The van der Waals surface area contributed by atoms with Crippen LogP contribution < -0.4 is 10.5 Å². The van der Waals surface area contributed by atoms with E-state index in [0.717, 1.165) is 37.9 Å². The number of nitrogens with two attached hydrogens (primary N) is 1. The number of piperidine rings is 1. The van der Waals surface area contributed by atoms with Crippen LogP contribution in [0.1, 0.15) is 25.3 Å². The van der Waals surface area contributed by atoms with Crippen LogP contribution in [0.15, 0.2) is 23.1 Å². The Bertz CT molecular complexity index is 579. The fourth-order valence-electron chi connectivity index (χ4n) is 2.64. The van der Waals surface area contributed by atoms with Crippen molar-refractivity contribution in [2.45, 2.75) is 31.1 Å². The maximum Gasteiger partial charge on any atom is 0.240 e. The quantitative estimate of drug-likeness (QED) is 0.807. The molecule has 1 aromatic carbocycles. The number of hydrogen-bond acceptors (Lipinski definition) is 4. The van der Waals surface area contributed by atoms with Gasteiger partial charge in [-0.15, -0.1) is 0 Å². The molecular weight excluding hydrogens is 286 g/mol. The van der Waals surface area contributed by atoms with Crippen molar-refractivity contribution < 1.29 is 8.42 Å². The molecule has 1 aromatic rings. The van der Waals surface area contributed by atoms with E-state index >= 15 is 0 Å². The van der Waals surface area contributed by atoms with Crippen LogP contribution in [0.4, 0.5) is 5.69 Å². The molecule has 6 heteroatoms. The van der Waals surface area contributed by atoms with Gasteiger partial charge in [-0.05, 0) is 63.0 Å². The lowest BCUT2D eigenvalue weighted by Gasteiger charge is -2.28. The Morgan fingerprint density at radius 2 is 2.00 bits per heavy atom. The van der Waals surface area contributed by atoms with Crippen molar-refractivity contribution >= 4 is 15.7 Å². The Labute approximate surface area is 127 Å². The molecule has 0 saturated carbocycles. The summed E-state index contributed by atoms with van der Waals surface area (Å²) in [6, 6.07) is 4.97. The molecule has 0 spiro atoms. The molecule has 21 heavy (non-hydrogen) atoms. The zero-order valence-electron chi connectivity index (χ0n) is 12.8. The van der Waals surface area contributed by atoms with Gasteiger partial charge in [0.05, 0.1) is 4.90 Å². The molecular formula is C15H25N3O2S. The fraction of sp³-hybridized carbons (Fsp3) is 0.600. The molecule has 0 unspecified atom stereocenters. The normalized spacial score (nSPS) is 18.0. The summed E-state index contributed by atoms with van der Waals surface area (Å²) in [5.41, 5.74) is 7.40. The van der Waals surface area contributed by atoms with Gasteiger partial charge >= 0.3 is 0 Å². The van der Waals surface area contributed by atoms with Gasteiger partial charge in [-0.1, -0.05) is 13.0 Å². The summed E-state index contributed by atoms with van der Waals surface area (Å²) in [5.74, 6) is 0.420. The summed E-state index contributed by atoms with van der Waals surface area (Å²) in [7, 11) is -1.37. The highest BCUT2D eigenvalue weighted by atomic mass is 32.2. The molecule has 0 radical (unpaired) electrons. The number of nitrogens with zero attached hydrogens (tertiary/aromatic N) is 1. The molecule has 1 fully saturated rings. The van der Waals surface area contributed by atoms with Crippen molar-refractivity contribution in [3.05, 3.63) is 23.8 Å². The minimum atomic E-state index is -3.46. The number of hydrogen-bond donors (Lipinski definition) is 2. The van der Waals surface area contributed by atoms with Crippen LogP contribution in [0.3, 0.4) is 0 Å². The molecule has 0 aliphatic carbocycles. The van der Waals surface area contributed by atoms with E-state index < -0.39 is 10.0 Å². The molecule has 0 amide bonds. The molecule has 0 bridgehead atoms. The standard InChI is InChI=1S/C15H25N3O2S/c1-3-13-4-5-14(10-15(13)16)21(19,20)17-11-12-6-8-18(2)9-7-12/h4-5,10,12,17H,3,6-9,11,16H2,1-2H3. The SMILES string of the molecule is CCc1ccc(S(=O)(=O)NCC2CCN(C)CC2)cc1N. The van der Waals surface area contributed by atoms with Crippen LogP contribution in [0.2, 0.25) is 0 Å². The van der Waals surface area contributed by atoms with E-state index in [1.165, 1.54) is 0 Å². The highest BCUT2D eigenvalue weighted by molar-refractivity contribution is 7.89. The largest absolute Gasteiger partial charge is 0.398 e. The average Bonchev–Trinajstić information content (AvgIpc) is 2.46. The maximum absolute atomic E-state index is 12.3.